The van der Waals surface area contributed by atoms with Gasteiger partial charge in [0.2, 0.25) is 5.70 Å². The molecule has 0 spiro atoms. The Balaban J connectivity index is 2.65. The molecular weight excluding hydrogens is 234 g/mol. The smallest absolute Gasteiger partial charge is 0.295 e. The van der Waals surface area contributed by atoms with Crippen LogP contribution >= 0.6 is 0 Å². The summed E-state index contributed by atoms with van der Waals surface area (Å²) >= 11 is 0. The molecule has 0 aliphatic carbocycles. The summed E-state index contributed by atoms with van der Waals surface area (Å²) in [6.07, 6.45) is 1.48. The number of hydrogen-bond donors (Lipinski definition) is 0. The zero-order valence-electron chi connectivity index (χ0n) is 10.4. The highest BCUT2D eigenvalue weighted by Crippen LogP contribution is 2.16. The maximum Gasteiger partial charge on any atom is 0.328 e. The average molecular weight is 247 g/mol. The molecule has 0 radical (unpaired) electrons. The van der Waals surface area contributed by atoms with E-state index >= 15 is 0 Å². The first-order chi connectivity index (χ1) is 8.41. The van der Waals surface area contributed by atoms with Crippen LogP contribution in [0.2, 0.25) is 0 Å². The lowest BCUT2D eigenvalue weighted by Crippen LogP contribution is -2.19. The van der Waals surface area contributed by atoms with Crippen molar-refractivity contribution in [2.24, 2.45) is 14.1 Å². The van der Waals surface area contributed by atoms with Gasteiger partial charge in [-0.2, -0.15) is 0 Å². The van der Waals surface area contributed by atoms with Crippen LogP contribution < -0.4 is 5.69 Å². The zero-order valence-corrected chi connectivity index (χ0v) is 10.4. The summed E-state index contributed by atoms with van der Waals surface area (Å²) in [5.74, 6) is 0. The van der Waals surface area contributed by atoms with Gasteiger partial charge in [0, 0.05) is 27.1 Å². The molecule has 0 aliphatic rings. The second-order valence-electron chi connectivity index (χ2n) is 4.19. The van der Waals surface area contributed by atoms with Gasteiger partial charge in [-0.25, -0.2) is 4.79 Å². The largest absolute Gasteiger partial charge is 0.328 e. The monoisotopic (exact) mass is 247 g/mol. The summed E-state index contributed by atoms with van der Waals surface area (Å²) in [6.45, 7) is 1.44. The van der Waals surface area contributed by atoms with Crippen LogP contribution in [0.5, 0.6) is 0 Å². The normalized spacial score (nSPS) is 12.1. The molecule has 94 valence electrons. The van der Waals surface area contributed by atoms with Gasteiger partial charge < -0.3 is 0 Å². The van der Waals surface area contributed by atoms with Crippen molar-refractivity contribution in [3.05, 3.63) is 50.1 Å². The molecule has 2 rings (SSSR count). The number of aromatic nitrogens is 2. The Morgan fingerprint density at radius 3 is 2.50 bits per heavy atom. The summed E-state index contributed by atoms with van der Waals surface area (Å²) < 4.78 is 3.07. The first kappa shape index (κ1) is 12.1. The number of nitrogens with zero attached hydrogens (tertiary/aromatic N) is 3. The Morgan fingerprint density at radius 2 is 1.89 bits per heavy atom. The van der Waals surface area contributed by atoms with Crippen LogP contribution in [0.15, 0.2) is 28.7 Å². The lowest BCUT2D eigenvalue weighted by atomic mass is 10.1. The van der Waals surface area contributed by atoms with E-state index in [2.05, 4.69) is 0 Å². The van der Waals surface area contributed by atoms with Crippen LogP contribution in [-0.2, 0) is 14.1 Å². The van der Waals surface area contributed by atoms with Crippen molar-refractivity contribution in [1.82, 2.24) is 9.13 Å². The fourth-order valence-corrected chi connectivity index (χ4v) is 1.91. The van der Waals surface area contributed by atoms with Crippen molar-refractivity contribution in [1.29, 1.82) is 0 Å². The third-order valence-electron chi connectivity index (χ3n) is 2.96. The van der Waals surface area contributed by atoms with Crippen LogP contribution in [0.25, 0.3) is 17.1 Å². The summed E-state index contributed by atoms with van der Waals surface area (Å²) in [7, 11) is 3.38. The Labute approximate surface area is 103 Å². The molecular formula is C12H13N3O3. The minimum absolute atomic E-state index is 0.0651. The number of rotatable bonds is 2. The molecule has 1 aromatic carbocycles. The Bertz CT molecular complexity index is 722. The van der Waals surface area contributed by atoms with Crippen molar-refractivity contribution in [2.75, 3.05) is 0 Å². The number of allylic oxidation sites excluding steroid dienone is 1. The second-order valence-corrected chi connectivity index (χ2v) is 4.19. The molecule has 6 nitrogen and oxygen atoms in total. The Morgan fingerprint density at radius 1 is 1.28 bits per heavy atom. The molecule has 0 bridgehead atoms. The SMILES string of the molecule is CC(=Cc1ccc2c(c1)n(C)c(=O)n2C)[N+](=O)[O-]. The van der Waals surface area contributed by atoms with E-state index in [1.165, 1.54) is 17.6 Å². The summed E-state index contributed by atoms with van der Waals surface area (Å²) in [5, 5.41) is 10.6. The van der Waals surface area contributed by atoms with Crippen molar-refractivity contribution in [2.45, 2.75) is 6.92 Å². The van der Waals surface area contributed by atoms with E-state index in [0.717, 1.165) is 11.0 Å². The fourth-order valence-electron chi connectivity index (χ4n) is 1.91. The van der Waals surface area contributed by atoms with E-state index in [1.54, 1.807) is 36.9 Å². The van der Waals surface area contributed by atoms with E-state index in [9.17, 15) is 14.9 Å². The first-order valence-electron chi connectivity index (χ1n) is 5.40. The predicted molar refractivity (Wildman–Crippen MR) is 68.8 cm³/mol. The van der Waals surface area contributed by atoms with Gasteiger partial charge in [-0.1, -0.05) is 6.07 Å². The van der Waals surface area contributed by atoms with E-state index in [-0.39, 0.29) is 11.4 Å². The van der Waals surface area contributed by atoms with E-state index < -0.39 is 4.92 Å². The fraction of sp³-hybridized carbons (Fsp3) is 0.250. The van der Waals surface area contributed by atoms with Gasteiger partial charge in [0.05, 0.1) is 16.0 Å². The molecule has 0 atom stereocenters. The second kappa shape index (κ2) is 4.14. The number of aryl methyl sites for hydroxylation is 2. The molecule has 6 heteroatoms. The van der Waals surface area contributed by atoms with Gasteiger partial charge in [0.15, 0.2) is 0 Å². The molecule has 0 unspecified atom stereocenters. The Kier molecular flexibility index (Phi) is 2.78. The number of imidazole rings is 1. The molecule has 0 fully saturated rings. The van der Waals surface area contributed by atoms with Gasteiger partial charge in [-0.3, -0.25) is 19.2 Å². The molecule has 0 amide bonds. The predicted octanol–water partition coefficient (Wildman–Crippen LogP) is 1.51. The van der Waals surface area contributed by atoms with Gasteiger partial charge >= 0.3 is 5.69 Å². The summed E-state index contributed by atoms with van der Waals surface area (Å²) in [6, 6.07) is 5.31. The van der Waals surface area contributed by atoms with Crippen LogP contribution in [0.4, 0.5) is 0 Å². The topological polar surface area (TPSA) is 70.1 Å². The number of hydrogen-bond acceptors (Lipinski definition) is 3. The van der Waals surface area contributed by atoms with Crippen LogP contribution in [0.1, 0.15) is 12.5 Å². The van der Waals surface area contributed by atoms with Gasteiger partial charge in [-0.15, -0.1) is 0 Å². The highest BCUT2D eigenvalue weighted by Gasteiger charge is 2.08. The molecule has 0 saturated heterocycles. The van der Waals surface area contributed by atoms with Crippen molar-refractivity contribution in [3.8, 4) is 0 Å². The first-order valence-corrected chi connectivity index (χ1v) is 5.40. The van der Waals surface area contributed by atoms with Gasteiger partial charge in [-0.05, 0) is 17.7 Å². The molecule has 0 N–H and O–H groups in total. The van der Waals surface area contributed by atoms with E-state index in [0.29, 0.717) is 5.56 Å². The Hall–Kier alpha value is -2.37. The maximum absolute atomic E-state index is 11.7. The van der Waals surface area contributed by atoms with Crippen molar-refractivity contribution >= 4 is 17.1 Å². The highest BCUT2D eigenvalue weighted by atomic mass is 16.6. The van der Waals surface area contributed by atoms with Crippen LogP contribution in [-0.4, -0.2) is 14.1 Å². The van der Waals surface area contributed by atoms with Crippen LogP contribution in [0.3, 0.4) is 0 Å². The van der Waals surface area contributed by atoms with E-state index in [4.69, 9.17) is 0 Å². The van der Waals surface area contributed by atoms with Crippen LogP contribution in [0, 0.1) is 10.1 Å². The molecule has 1 heterocycles. The summed E-state index contributed by atoms with van der Waals surface area (Å²) in [4.78, 5) is 21.9. The molecule has 0 saturated carbocycles. The molecule has 18 heavy (non-hydrogen) atoms. The number of nitro groups is 1. The maximum atomic E-state index is 11.7. The minimum atomic E-state index is -0.436. The van der Waals surface area contributed by atoms with Gasteiger partial charge in [0.1, 0.15) is 0 Å². The van der Waals surface area contributed by atoms with Gasteiger partial charge in [0.25, 0.3) is 0 Å². The minimum Gasteiger partial charge on any atom is -0.295 e. The van der Waals surface area contributed by atoms with Crippen molar-refractivity contribution < 1.29 is 4.92 Å². The quantitative estimate of drug-likeness (QED) is 0.596. The standard InChI is InChI=1S/C12H13N3O3/c1-8(15(17)18)6-9-4-5-10-11(7-9)14(3)12(16)13(10)2/h4-7H,1-3H3. The number of fused-ring (bicyclic) bond motifs is 1. The highest BCUT2D eigenvalue weighted by molar-refractivity contribution is 5.79. The third kappa shape index (κ3) is 1.81. The number of benzene rings is 1. The molecule has 2 aromatic rings. The zero-order chi connectivity index (χ0) is 13.4. The lowest BCUT2D eigenvalue weighted by Gasteiger charge is -1.97. The van der Waals surface area contributed by atoms with Crippen molar-refractivity contribution in [3.63, 3.8) is 0 Å². The molecule has 1 aromatic heterocycles. The third-order valence-corrected chi connectivity index (χ3v) is 2.96. The lowest BCUT2D eigenvalue weighted by molar-refractivity contribution is -0.422. The average Bonchev–Trinajstić information content (AvgIpc) is 2.54. The summed E-state index contributed by atoms with van der Waals surface area (Å²) in [5.41, 5.74) is 2.22. The molecule has 0 aliphatic heterocycles. The van der Waals surface area contributed by atoms with E-state index in [1.807, 2.05) is 0 Å².